The molecule has 0 aliphatic rings. The van der Waals surface area contributed by atoms with Crippen LogP contribution in [-0.4, -0.2) is 22.7 Å². The fourth-order valence-electron chi connectivity index (χ4n) is 2.15. The number of rotatable bonds is 5. The molecule has 0 aliphatic heterocycles. The summed E-state index contributed by atoms with van der Waals surface area (Å²) in [7, 11) is 0. The minimum Gasteiger partial charge on any atom is -0.508 e. The molecule has 0 radical (unpaired) electrons. The molecule has 0 spiro atoms. The number of phenols is 1. The Bertz CT molecular complexity index is 716. The average Bonchev–Trinajstić information content (AvgIpc) is 2.54. The van der Waals surface area contributed by atoms with Gasteiger partial charge >= 0.3 is 6.18 Å². The second-order valence-corrected chi connectivity index (χ2v) is 5.25. The van der Waals surface area contributed by atoms with E-state index in [4.69, 9.17) is 0 Å². The van der Waals surface area contributed by atoms with Crippen LogP contribution in [-0.2, 0) is 17.4 Å². The summed E-state index contributed by atoms with van der Waals surface area (Å²) in [6.07, 6.45) is -5.85. The molecule has 0 aromatic heterocycles. The third-order valence-electron chi connectivity index (χ3n) is 3.43. The van der Waals surface area contributed by atoms with Crippen LogP contribution in [0.15, 0.2) is 48.5 Å². The number of halogens is 3. The highest BCUT2D eigenvalue weighted by atomic mass is 19.4. The predicted molar refractivity (Wildman–Crippen MR) is 81.2 cm³/mol. The second-order valence-electron chi connectivity index (χ2n) is 5.25. The Balaban J connectivity index is 1.94. The number of carbonyl (C=O) groups is 1. The second kappa shape index (κ2) is 7.35. The van der Waals surface area contributed by atoms with Crippen LogP contribution in [0.1, 0.15) is 22.8 Å². The van der Waals surface area contributed by atoms with E-state index in [-0.39, 0.29) is 24.3 Å². The Hall–Kier alpha value is -2.54. The zero-order valence-electron chi connectivity index (χ0n) is 12.5. The molecule has 2 aromatic carbocycles. The molecular weight excluding hydrogens is 323 g/mol. The third-order valence-corrected chi connectivity index (χ3v) is 3.43. The van der Waals surface area contributed by atoms with Gasteiger partial charge in [-0.15, -0.1) is 0 Å². The average molecular weight is 339 g/mol. The van der Waals surface area contributed by atoms with E-state index >= 15 is 0 Å². The van der Waals surface area contributed by atoms with Crippen LogP contribution < -0.4 is 5.32 Å². The first-order valence-electron chi connectivity index (χ1n) is 7.16. The molecule has 0 heterocycles. The Labute approximate surface area is 136 Å². The van der Waals surface area contributed by atoms with Crippen LogP contribution in [0.3, 0.4) is 0 Å². The van der Waals surface area contributed by atoms with Crippen molar-refractivity contribution in [2.24, 2.45) is 0 Å². The topological polar surface area (TPSA) is 69.6 Å². The van der Waals surface area contributed by atoms with Gasteiger partial charge in [-0.3, -0.25) is 4.79 Å². The molecule has 1 atom stereocenters. The first kappa shape index (κ1) is 17.8. The predicted octanol–water partition coefficient (Wildman–Crippen LogP) is 2.80. The summed E-state index contributed by atoms with van der Waals surface area (Å²) in [6.45, 7) is -0.228. The molecule has 0 fully saturated rings. The summed E-state index contributed by atoms with van der Waals surface area (Å²) in [5.74, 6) is -0.478. The number of benzene rings is 2. The van der Waals surface area contributed by atoms with E-state index in [0.29, 0.717) is 5.56 Å². The number of alkyl halides is 3. The lowest BCUT2D eigenvalue weighted by Crippen LogP contribution is -2.29. The van der Waals surface area contributed by atoms with Crippen molar-refractivity contribution >= 4 is 5.91 Å². The van der Waals surface area contributed by atoms with Gasteiger partial charge in [-0.25, -0.2) is 0 Å². The Morgan fingerprint density at radius 1 is 1.12 bits per heavy atom. The lowest BCUT2D eigenvalue weighted by molar-refractivity contribution is -0.137. The molecule has 4 nitrogen and oxygen atoms in total. The number of amides is 1. The summed E-state index contributed by atoms with van der Waals surface area (Å²) in [6, 6.07) is 10.6. The zero-order valence-corrected chi connectivity index (χ0v) is 12.5. The number of para-hydroxylation sites is 1. The first-order valence-corrected chi connectivity index (χ1v) is 7.16. The third kappa shape index (κ3) is 4.73. The molecule has 1 unspecified atom stereocenters. The summed E-state index contributed by atoms with van der Waals surface area (Å²) < 4.78 is 38.0. The van der Waals surface area contributed by atoms with Crippen molar-refractivity contribution < 1.29 is 28.2 Å². The van der Waals surface area contributed by atoms with Crippen molar-refractivity contribution in [3.63, 3.8) is 0 Å². The van der Waals surface area contributed by atoms with Crippen molar-refractivity contribution in [2.75, 3.05) is 6.54 Å². The molecule has 24 heavy (non-hydrogen) atoms. The van der Waals surface area contributed by atoms with Crippen molar-refractivity contribution in [1.82, 2.24) is 5.32 Å². The fourth-order valence-corrected chi connectivity index (χ4v) is 2.15. The Kier molecular flexibility index (Phi) is 5.46. The number of aromatic hydroxyl groups is 1. The van der Waals surface area contributed by atoms with E-state index in [2.05, 4.69) is 5.32 Å². The van der Waals surface area contributed by atoms with Crippen LogP contribution >= 0.6 is 0 Å². The highest BCUT2D eigenvalue weighted by Gasteiger charge is 2.30. The molecule has 2 rings (SSSR count). The SMILES string of the molecule is O=C(Cc1ccccc1O)NCC(O)c1cccc(C(F)(F)F)c1. The van der Waals surface area contributed by atoms with Gasteiger partial charge in [0.1, 0.15) is 5.75 Å². The van der Waals surface area contributed by atoms with E-state index in [0.717, 1.165) is 12.1 Å². The van der Waals surface area contributed by atoms with Crippen molar-refractivity contribution in [3.8, 4) is 5.75 Å². The van der Waals surface area contributed by atoms with Gasteiger partial charge in [0.2, 0.25) is 5.91 Å². The molecule has 2 aromatic rings. The van der Waals surface area contributed by atoms with Crippen molar-refractivity contribution in [3.05, 3.63) is 65.2 Å². The van der Waals surface area contributed by atoms with Crippen molar-refractivity contribution in [2.45, 2.75) is 18.7 Å². The molecule has 0 bridgehead atoms. The lowest BCUT2D eigenvalue weighted by Gasteiger charge is -2.14. The minimum atomic E-state index is -4.50. The van der Waals surface area contributed by atoms with E-state index in [9.17, 15) is 28.2 Å². The minimum absolute atomic E-state index is 0.0222. The number of aliphatic hydroxyl groups excluding tert-OH is 1. The zero-order chi connectivity index (χ0) is 17.7. The van der Waals surface area contributed by atoms with E-state index < -0.39 is 23.8 Å². The number of aliphatic hydroxyl groups is 1. The smallest absolute Gasteiger partial charge is 0.416 e. The van der Waals surface area contributed by atoms with Crippen molar-refractivity contribution in [1.29, 1.82) is 0 Å². The van der Waals surface area contributed by atoms with Gasteiger partial charge in [-0.05, 0) is 23.8 Å². The van der Waals surface area contributed by atoms with E-state index in [1.54, 1.807) is 18.2 Å². The summed E-state index contributed by atoms with van der Waals surface area (Å²) in [5, 5.41) is 22.0. The van der Waals surface area contributed by atoms with Gasteiger partial charge in [0.25, 0.3) is 0 Å². The number of hydrogen-bond donors (Lipinski definition) is 3. The first-order chi connectivity index (χ1) is 11.3. The van der Waals surface area contributed by atoms with Gasteiger partial charge in [-0.1, -0.05) is 30.3 Å². The number of carbonyl (C=O) groups excluding carboxylic acids is 1. The quantitative estimate of drug-likeness (QED) is 0.785. The van der Waals surface area contributed by atoms with Gasteiger partial charge in [-0.2, -0.15) is 13.2 Å². The van der Waals surface area contributed by atoms with E-state index in [1.807, 2.05) is 0 Å². The Morgan fingerprint density at radius 2 is 1.83 bits per heavy atom. The highest BCUT2D eigenvalue weighted by Crippen LogP contribution is 2.30. The summed E-state index contributed by atoms with van der Waals surface area (Å²) in [5.41, 5.74) is -0.379. The maximum absolute atomic E-state index is 12.7. The molecule has 0 aliphatic carbocycles. The normalized spacial score (nSPS) is 12.7. The van der Waals surface area contributed by atoms with Crippen LogP contribution in [0.25, 0.3) is 0 Å². The van der Waals surface area contributed by atoms with Crippen LogP contribution in [0.4, 0.5) is 13.2 Å². The molecule has 128 valence electrons. The Morgan fingerprint density at radius 3 is 2.50 bits per heavy atom. The highest BCUT2D eigenvalue weighted by molar-refractivity contribution is 5.79. The molecule has 0 saturated heterocycles. The van der Waals surface area contributed by atoms with Gasteiger partial charge in [0, 0.05) is 12.1 Å². The monoisotopic (exact) mass is 339 g/mol. The lowest BCUT2D eigenvalue weighted by atomic mass is 10.1. The molecule has 1 amide bonds. The summed E-state index contributed by atoms with van der Waals surface area (Å²) in [4.78, 5) is 11.8. The summed E-state index contributed by atoms with van der Waals surface area (Å²) >= 11 is 0. The number of hydrogen-bond acceptors (Lipinski definition) is 3. The largest absolute Gasteiger partial charge is 0.508 e. The van der Waals surface area contributed by atoms with Gasteiger partial charge in [0.15, 0.2) is 0 Å². The maximum atomic E-state index is 12.7. The van der Waals surface area contributed by atoms with E-state index in [1.165, 1.54) is 18.2 Å². The maximum Gasteiger partial charge on any atom is 0.416 e. The molecule has 0 saturated carbocycles. The van der Waals surface area contributed by atoms with Gasteiger partial charge in [0.05, 0.1) is 18.1 Å². The number of phenolic OH excluding ortho intramolecular Hbond substituents is 1. The van der Waals surface area contributed by atoms with Crippen LogP contribution in [0, 0.1) is 0 Å². The number of nitrogens with one attached hydrogen (secondary N) is 1. The molecule has 7 heteroatoms. The fraction of sp³-hybridized carbons (Fsp3) is 0.235. The van der Waals surface area contributed by atoms with Crippen LogP contribution in [0.5, 0.6) is 5.75 Å². The van der Waals surface area contributed by atoms with Crippen LogP contribution in [0.2, 0.25) is 0 Å². The van der Waals surface area contributed by atoms with Gasteiger partial charge < -0.3 is 15.5 Å². The molecule has 3 N–H and O–H groups in total. The standard InChI is InChI=1S/C17H16F3NO3/c18-17(19,20)13-6-3-5-11(8-13)15(23)10-21-16(24)9-12-4-1-2-7-14(12)22/h1-8,15,22-23H,9-10H2,(H,21,24). The molecular formula is C17H16F3NO3.